The van der Waals surface area contributed by atoms with Crippen LogP contribution in [0.2, 0.25) is 0 Å². The van der Waals surface area contributed by atoms with E-state index < -0.39 is 0 Å². The van der Waals surface area contributed by atoms with Crippen LogP contribution >= 0.6 is 0 Å². The molecule has 0 spiro atoms. The zero-order valence-electron chi connectivity index (χ0n) is 15.6. The summed E-state index contributed by atoms with van der Waals surface area (Å²) in [5.74, 6) is 1.27. The molecular weight excluding hydrogens is 344 g/mol. The van der Waals surface area contributed by atoms with Crippen LogP contribution in [0, 0.1) is 0 Å². The summed E-state index contributed by atoms with van der Waals surface area (Å²) in [4.78, 5) is 23.6. The highest BCUT2D eigenvalue weighted by molar-refractivity contribution is 5.94. The van der Waals surface area contributed by atoms with E-state index in [0.29, 0.717) is 25.2 Å². The number of fused-ring (bicyclic) bond motifs is 1. The lowest BCUT2D eigenvalue weighted by molar-refractivity contribution is -0.123. The van der Waals surface area contributed by atoms with E-state index in [0.717, 1.165) is 22.6 Å². The van der Waals surface area contributed by atoms with E-state index in [2.05, 4.69) is 10.6 Å². The molecular formula is C21H24N2O4. The minimum atomic E-state index is -0.192. The first-order chi connectivity index (χ1) is 13.0. The highest BCUT2D eigenvalue weighted by Gasteiger charge is 2.16. The number of nitrogens with one attached hydrogen (secondary N) is 2. The minimum absolute atomic E-state index is 0.0267. The molecule has 0 aliphatic carbocycles. The van der Waals surface area contributed by atoms with Crippen molar-refractivity contribution in [3.8, 4) is 11.5 Å². The van der Waals surface area contributed by atoms with Gasteiger partial charge in [0.05, 0.1) is 12.6 Å². The fraction of sp³-hybridized carbons (Fsp3) is 0.333. The first-order valence-electron chi connectivity index (χ1n) is 9.13. The number of ether oxygens (including phenoxy) is 2. The molecule has 2 amide bonds. The molecule has 0 saturated heterocycles. The van der Waals surface area contributed by atoms with Crippen LogP contribution in [0.5, 0.6) is 11.5 Å². The van der Waals surface area contributed by atoms with E-state index in [1.165, 1.54) is 0 Å². The lowest BCUT2D eigenvalue weighted by Crippen LogP contribution is -2.31. The van der Waals surface area contributed by atoms with Gasteiger partial charge in [0.2, 0.25) is 5.91 Å². The molecule has 0 radical (unpaired) electrons. The third kappa shape index (κ3) is 5.00. The Bertz CT molecular complexity index is 817. The van der Waals surface area contributed by atoms with Gasteiger partial charge >= 0.3 is 0 Å². The summed E-state index contributed by atoms with van der Waals surface area (Å²) in [5, 5.41) is 5.75. The normalized spacial score (nSPS) is 13.9. The number of benzene rings is 2. The quantitative estimate of drug-likeness (QED) is 0.787. The van der Waals surface area contributed by atoms with Crippen LogP contribution in [0.15, 0.2) is 42.5 Å². The molecule has 6 heteroatoms. The highest BCUT2D eigenvalue weighted by Crippen LogP contribution is 2.26. The van der Waals surface area contributed by atoms with Gasteiger partial charge in [-0.3, -0.25) is 9.59 Å². The van der Waals surface area contributed by atoms with Crippen molar-refractivity contribution in [2.75, 3.05) is 18.5 Å². The molecule has 0 aromatic heterocycles. The Hall–Kier alpha value is -3.02. The first kappa shape index (κ1) is 18.8. The fourth-order valence-corrected chi connectivity index (χ4v) is 2.98. The average molecular weight is 368 g/mol. The molecule has 3 rings (SSSR count). The van der Waals surface area contributed by atoms with Crippen LogP contribution in [0.1, 0.15) is 37.4 Å². The smallest absolute Gasteiger partial charge is 0.258 e. The summed E-state index contributed by atoms with van der Waals surface area (Å²) in [6, 6.07) is 13.0. The molecule has 1 heterocycles. The standard InChI is InChI=1S/C21H24N2O4/c1-3-26-17-7-4-15(5-8-17)14(2)22-21(25)13-27-18-9-10-19-16(12-18)6-11-20(24)23-19/h4-5,7-10,12,14H,3,6,11,13H2,1-2H3,(H,22,25)(H,23,24). The van der Waals surface area contributed by atoms with E-state index in [1.807, 2.05) is 50.2 Å². The van der Waals surface area contributed by atoms with Gasteiger partial charge in [-0.25, -0.2) is 0 Å². The fourth-order valence-electron chi connectivity index (χ4n) is 2.98. The number of rotatable bonds is 7. The van der Waals surface area contributed by atoms with Crippen molar-refractivity contribution in [3.05, 3.63) is 53.6 Å². The van der Waals surface area contributed by atoms with Crippen molar-refractivity contribution in [2.45, 2.75) is 32.7 Å². The van der Waals surface area contributed by atoms with Crippen LogP contribution in [0.25, 0.3) is 0 Å². The van der Waals surface area contributed by atoms with Crippen molar-refractivity contribution in [2.24, 2.45) is 0 Å². The van der Waals surface area contributed by atoms with Crippen molar-refractivity contribution in [1.82, 2.24) is 5.32 Å². The molecule has 6 nitrogen and oxygen atoms in total. The Labute approximate surface area is 158 Å². The predicted octanol–water partition coefficient (Wildman–Crippen LogP) is 3.23. The second-order valence-electron chi connectivity index (χ2n) is 6.45. The van der Waals surface area contributed by atoms with Crippen LogP contribution in [0.4, 0.5) is 5.69 Å². The van der Waals surface area contributed by atoms with Crippen molar-refractivity contribution in [3.63, 3.8) is 0 Å². The largest absolute Gasteiger partial charge is 0.494 e. The summed E-state index contributed by atoms with van der Waals surface area (Å²) in [6.45, 7) is 4.43. The molecule has 2 N–H and O–H groups in total. The Morgan fingerprint density at radius 2 is 1.85 bits per heavy atom. The number of carbonyl (C=O) groups excluding carboxylic acids is 2. The molecule has 1 unspecified atom stereocenters. The predicted molar refractivity (Wildman–Crippen MR) is 103 cm³/mol. The Balaban J connectivity index is 1.51. The molecule has 2 aromatic carbocycles. The van der Waals surface area contributed by atoms with Crippen LogP contribution < -0.4 is 20.1 Å². The second kappa shape index (κ2) is 8.58. The van der Waals surface area contributed by atoms with Gasteiger partial charge in [0, 0.05) is 12.1 Å². The summed E-state index contributed by atoms with van der Waals surface area (Å²) < 4.78 is 11.0. The van der Waals surface area contributed by atoms with Crippen molar-refractivity contribution < 1.29 is 19.1 Å². The molecule has 1 aliphatic rings. The maximum Gasteiger partial charge on any atom is 0.258 e. The number of anilines is 1. The van der Waals surface area contributed by atoms with E-state index >= 15 is 0 Å². The zero-order valence-corrected chi connectivity index (χ0v) is 15.6. The van der Waals surface area contributed by atoms with E-state index in [1.54, 1.807) is 6.07 Å². The lowest BCUT2D eigenvalue weighted by Gasteiger charge is -2.18. The Morgan fingerprint density at radius 1 is 1.11 bits per heavy atom. The number of carbonyl (C=O) groups is 2. The van der Waals surface area contributed by atoms with Crippen LogP contribution in [-0.2, 0) is 16.0 Å². The zero-order chi connectivity index (χ0) is 19.2. The van der Waals surface area contributed by atoms with Gasteiger partial charge < -0.3 is 20.1 Å². The number of hydrogen-bond acceptors (Lipinski definition) is 4. The number of aryl methyl sites for hydroxylation is 1. The molecule has 142 valence electrons. The van der Waals surface area contributed by atoms with E-state index in [4.69, 9.17) is 9.47 Å². The molecule has 2 aromatic rings. The minimum Gasteiger partial charge on any atom is -0.494 e. The topological polar surface area (TPSA) is 76.7 Å². The van der Waals surface area contributed by atoms with Gasteiger partial charge in [0.15, 0.2) is 6.61 Å². The van der Waals surface area contributed by atoms with Gasteiger partial charge in [-0.15, -0.1) is 0 Å². The molecule has 27 heavy (non-hydrogen) atoms. The molecule has 1 aliphatic heterocycles. The SMILES string of the molecule is CCOc1ccc(C(C)NC(=O)COc2ccc3c(c2)CCC(=O)N3)cc1. The molecule has 1 atom stereocenters. The molecule has 0 fully saturated rings. The summed E-state index contributed by atoms with van der Waals surface area (Å²) in [7, 11) is 0. The third-order valence-corrected chi connectivity index (χ3v) is 4.41. The summed E-state index contributed by atoms with van der Waals surface area (Å²) >= 11 is 0. The second-order valence-corrected chi connectivity index (χ2v) is 6.45. The number of hydrogen-bond donors (Lipinski definition) is 2. The first-order valence-corrected chi connectivity index (χ1v) is 9.13. The highest BCUT2D eigenvalue weighted by atomic mass is 16.5. The van der Waals surface area contributed by atoms with Gasteiger partial charge in [0.1, 0.15) is 11.5 Å². The Kier molecular flexibility index (Phi) is 5.96. The monoisotopic (exact) mass is 368 g/mol. The summed E-state index contributed by atoms with van der Waals surface area (Å²) in [6.07, 6.45) is 1.15. The molecule has 0 saturated carbocycles. The lowest BCUT2D eigenvalue weighted by atomic mass is 10.0. The van der Waals surface area contributed by atoms with Gasteiger partial charge in [-0.05, 0) is 61.7 Å². The van der Waals surface area contributed by atoms with E-state index in [9.17, 15) is 9.59 Å². The maximum atomic E-state index is 12.2. The third-order valence-electron chi connectivity index (χ3n) is 4.41. The average Bonchev–Trinajstić information content (AvgIpc) is 2.67. The van der Waals surface area contributed by atoms with Gasteiger partial charge in [-0.1, -0.05) is 12.1 Å². The maximum absolute atomic E-state index is 12.2. The van der Waals surface area contributed by atoms with Crippen molar-refractivity contribution >= 4 is 17.5 Å². The van der Waals surface area contributed by atoms with Gasteiger partial charge in [0.25, 0.3) is 5.91 Å². The van der Waals surface area contributed by atoms with Crippen molar-refractivity contribution in [1.29, 1.82) is 0 Å². The Morgan fingerprint density at radius 3 is 2.59 bits per heavy atom. The molecule has 0 bridgehead atoms. The summed E-state index contributed by atoms with van der Waals surface area (Å²) in [5.41, 5.74) is 2.83. The van der Waals surface area contributed by atoms with Crippen LogP contribution in [0.3, 0.4) is 0 Å². The number of amides is 2. The van der Waals surface area contributed by atoms with Gasteiger partial charge in [-0.2, -0.15) is 0 Å². The van der Waals surface area contributed by atoms with Crippen LogP contribution in [-0.4, -0.2) is 25.0 Å². The van der Waals surface area contributed by atoms with E-state index in [-0.39, 0.29) is 24.5 Å².